The van der Waals surface area contributed by atoms with Crippen molar-refractivity contribution in [2.45, 2.75) is 300 Å². The number of para-hydroxylation sites is 2. The van der Waals surface area contributed by atoms with Crippen LogP contribution in [0.25, 0.3) is 0 Å². The van der Waals surface area contributed by atoms with Gasteiger partial charge in [0, 0.05) is 6.07 Å². The summed E-state index contributed by atoms with van der Waals surface area (Å²) in [6.45, 7) is 4.34. The normalized spacial score (nSPS) is 19.4. The molecule has 1 fully saturated rings. The lowest BCUT2D eigenvalue weighted by atomic mass is 9.98. The number of aliphatic hydroxyl groups is 5. The third kappa shape index (κ3) is 31.8. The van der Waals surface area contributed by atoms with Crippen molar-refractivity contribution in [3.8, 4) is 0 Å². The van der Waals surface area contributed by atoms with E-state index in [9.17, 15) is 40.4 Å². The van der Waals surface area contributed by atoms with Crippen molar-refractivity contribution in [3.63, 3.8) is 0 Å². The lowest BCUT2D eigenvalue weighted by molar-refractivity contribution is -0.383. The van der Waals surface area contributed by atoms with Gasteiger partial charge in [0.2, 0.25) is 0 Å². The highest BCUT2D eigenvalue weighted by molar-refractivity contribution is 5.87. The molecular weight excluding hydrogens is 903 g/mol. The molecule has 0 aromatic heterocycles. The molecule has 2 rings (SSSR count). The summed E-state index contributed by atoms with van der Waals surface area (Å²) >= 11 is 0. The van der Waals surface area contributed by atoms with Crippen molar-refractivity contribution in [1.29, 1.82) is 0 Å². The van der Waals surface area contributed by atoms with Crippen LogP contribution in [0.2, 0.25) is 0 Å². The minimum absolute atomic E-state index is 0.0894. The summed E-state index contributed by atoms with van der Waals surface area (Å²) in [5, 5.41) is 71.8. The van der Waals surface area contributed by atoms with E-state index in [4.69, 9.17) is 14.2 Å². The molecule has 8 atom stereocenters. The van der Waals surface area contributed by atoms with Crippen molar-refractivity contribution >= 4 is 17.5 Å². The molecule has 0 bridgehead atoms. The van der Waals surface area contributed by atoms with Gasteiger partial charge >= 0.3 is 6.09 Å². The Kier molecular flexibility index (Phi) is 40.0. The second-order valence-corrected chi connectivity index (χ2v) is 20.8. The Morgan fingerprint density at radius 2 is 1.01 bits per heavy atom. The van der Waals surface area contributed by atoms with Crippen molar-refractivity contribution < 1.29 is 49.5 Å². The number of rotatable bonds is 48. The van der Waals surface area contributed by atoms with E-state index < -0.39 is 66.6 Å². The van der Waals surface area contributed by atoms with E-state index in [-0.39, 0.29) is 18.0 Å². The van der Waals surface area contributed by atoms with E-state index in [1.54, 1.807) is 0 Å². The van der Waals surface area contributed by atoms with Crippen LogP contribution >= 0.6 is 0 Å². The molecule has 0 radical (unpaired) electrons. The standard InChI is InChI=1S/C57H105N3O11/c1-3-5-7-9-11-13-15-17-18-19-20-21-22-23-24-25-26-27-28-30-32-34-36-40-44-58-48(52(62)50(61)43-37-35-33-31-29-16-14-12-10-8-6-4-2)45-69-56-55(65)54(64)53(63)51(71-56)46-70-57(66)59-47-41-38-39-42-49(47)60(67)68/h38-39,41-42,48,50-56,58,61-65H,3-37,40,43-46H2,1-2H3,(H,59,66)/t48-,50+,51+,52-,53-,54-,55+,56-/m0/s1. The number of aliphatic hydroxyl groups excluding tert-OH is 5. The summed E-state index contributed by atoms with van der Waals surface area (Å²) in [6.07, 6.45) is 35.5. The zero-order chi connectivity index (χ0) is 51.6. The molecule has 0 aliphatic carbocycles. The number of benzene rings is 1. The Labute approximate surface area is 430 Å². The van der Waals surface area contributed by atoms with Gasteiger partial charge in [-0.25, -0.2) is 4.79 Å². The number of ether oxygens (including phenoxy) is 3. The Bertz CT molecular complexity index is 1410. The fourth-order valence-electron chi connectivity index (χ4n) is 9.72. The molecule has 71 heavy (non-hydrogen) atoms. The molecular formula is C57H105N3O11. The molecule has 1 heterocycles. The summed E-state index contributed by atoms with van der Waals surface area (Å²) < 4.78 is 16.9. The summed E-state index contributed by atoms with van der Waals surface area (Å²) in [6, 6.07) is 4.81. The molecule has 414 valence electrons. The maximum atomic E-state index is 12.6. The smallest absolute Gasteiger partial charge is 0.411 e. The monoisotopic (exact) mass is 1010 g/mol. The van der Waals surface area contributed by atoms with Crippen LogP contribution < -0.4 is 10.6 Å². The van der Waals surface area contributed by atoms with E-state index in [0.717, 1.165) is 38.5 Å². The lowest BCUT2D eigenvalue weighted by Crippen LogP contribution is -2.60. The number of nitro benzene ring substituents is 1. The minimum Gasteiger partial charge on any atom is -0.446 e. The van der Waals surface area contributed by atoms with E-state index in [1.165, 1.54) is 217 Å². The number of hydrogen-bond donors (Lipinski definition) is 7. The first-order valence-electron chi connectivity index (χ1n) is 29.2. The van der Waals surface area contributed by atoms with Gasteiger partial charge in [-0.1, -0.05) is 251 Å². The van der Waals surface area contributed by atoms with E-state index in [2.05, 4.69) is 24.5 Å². The SMILES string of the molecule is CCCCCCCCCCCCCCCCCCCCCCCCCCN[C@@H](CO[C@H]1O[C@H](COC(=O)Nc2ccccc2[N+](=O)[O-])[C@H](O)[C@H](O)[C@H]1O)[C@H](O)[C@H](O)CCCCCCCCCCCCCC. The van der Waals surface area contributed by atoms with Crippen molar-refractivity contribution in [2.24, 2.45) is 0 Å². The number of hydrogen-bond acceptors (Lipinski definition) is 12. The Balaban J connectivity index is 1.72. The van der Waals surface area contributed by atoms with E-state index in [0.29, 0.717) is 13.0 Å². The molecule has 0 unspecified atom stereocenters. The molecule has 1 amide bonds. The second-order valence-electron chi connectivity index (χ2n) is 20.8. The first-order valence-corrected chi connectivity index (χ1v) is 29.2. The first kappa shape index (κ1) is 64.7. The molecule has 0 spiro atoms. The highest BCUT2D eigenvalue weighted by atomic mass is 16.7. The van der Waals surface area contributed by atoms with Gasteiger partial charge in [0.1, 0.15) is 36.7 Å². The highest BCUT2D eigenvalue weighted by Crippen LogP contribution is 2.26. The Hall–Kier alpha value is -2.43. The van der Waals surface area contributed by atoms with Crippen LogP contribution in [0.15, 0.2) is 24.3 Å². The first-order chi connectivity index (χ1) is 34.6. The number of nitrogens with one attached hydrogen (secondary N) is 2. The van der Waals surface area contributed by atoms with Gasteiger partial charge in [-0.05, 0) is 25.5 Å². The predicted molar refractivity (Wildman–Crippen MR) is 287 cm³/mol. The van der Waals surface area contributed by atoms with Crippen LogP contribution in [0.5, 0.6) is 0 Å². The summed E-state index contributed by atoms with van der Waals surface area (Å²) in [5.41, 5.74) is -0.426. The topological polar surface area (TPSA) is 213 Å². The Morgan fingerprint density at radius 1 is 0.606 bits per heavy atom. The maximum absolute atomic E-state index is 12.6. The third-order valence-corrected chi connectivity index (χ3v) is 14.4. The summed E-state index contributed by atoms with van der Waals surface area (Å²) in [4.78, 5) is 23.3. The number of carbonyl (C=O) groups is 1. The van der Waals surface area contributed by atoms with Crippen molar-refractivity contribution in [2.75, 3.05) is 25.1 Å². The quantitative estimate of drug-likeness (QED) is 0.0185. The lowest BCUT2D eigenvalue weighted by Gasteiger charge is -2.40. The van der Waals surface area contributed by atoms with Crippen molar-refractivity contribution in [1.82, 2.24) is 5.32 Å². The number of anilines is 1. The van der Waals surface area contributed by atoms with Gasteiger partial charge in [-0.15, -0.1) is 0 Å². The summed E-state index contributed by atoms with van der Waals surface area (Å²) in [7, 11) is 0. The molecule has 1 aliphatic heterocycles. The summed E-state index contributed by atoms with van der Waals surface area (Å²) in [5.74, 6) is 0. The fourth-order valence-corrected chi connectivity index (χ4v) is 9.72. The Morgan fingerprint density at radius 3 is 1.45 bits per heavy atom. The second kappa shape index (κ2) is 43.9. The zero-order valence-corrected chi connectivity index (χ0v) is 44.8. The van der Waals surface area contributed by atoms with Gasteiger partial charge in [0.05, 0.1) is 29.8 Å². The number of unbranched alkanes of at least 4 members (excludes halogenated alkanes) is 34. The van der Waals surface area contributed by atoms with E-state index in [1.807, 2.05) is 0 Å². The van der Waals surface area contributed by atoms with Crippen LogP contribution in [0, 0.1) is 10.1 Å². The third-order valence-electron chi connectivity index (χ3n) is 14.4. The molecule has 1 aliphatic rings. The van der Waals surface area contributed by atoms with Crippen LogP contribution in [-0.4, -0.2) is 105 Å². The molecule has 14 nitrogen and oxygen atoms in total. The van der Waals surface area contributed by atoms with Gasteiger partial charge in [0.15, 0.2) is 6.29 Å². The van der Waals surface area contributed by atoms with Gasteiger partial charge in [-0.3, -0.25) is 15.4 Å². The van der Waals surface area contributed by atoms with Gasteiger partial charge in [-0.2, -0.15) is 0 Å². The predicted octanol–water partition coefficient (Wildman–Crippen LogP) is 13.1. The largest absolute Gasteiger partial charge is 0.446 e. The maximum Gasteiger partial charge on any atom is 0.411 e. The number of nitro groups is 1. The van der Waals surface area contributed by atoms with Gasteiger partial charge in [0.25, 0.3) is 5.69 Å². The number of carbonyl (C=O) groups excluding carboxylic acids is 1. The molecule has 14 heteroatoms. The number of nitrogens with zero attached hydrogens (tertiary/aromatic N) is 1. The zero-order valence-electron chi connectivity index (χ0n) is 44.8. The minimum atomic E-state index is -1.72. The molecule has 1 aromatic rings. The van der Waals surface area contributed by atoms with Crippen LogP contribution in [0.4, 0.5) is 16.2 Å². The van der Waals surface area contributed by atoms with Crippen LogP contribution in [0.1, 0.15) is 251 Å². The average molecular weight is 1010 g/mol. The molecule has 7 N–H and O–H groups in total. The van der Waals surface area contributed by atoms with Crippen LogP contribution in [0.3, 0.4) is 0 Å². The molecule has 1 saturated heterocycles. The van der Waals surface area contributed by atoms with E-state index >= 15 is 0 Å². The van der Waals surface area contributed by atoms with Crippen molar-refractivity contribution in [3.05, 3.63) is 34.4 Å². The fraction of sp³-hybridized carbons (Fsp3) is 0.877. The highest BCUT2D eigenvalue weighted by Gasteiger charge is 2.45. The van der Waals surface area contributed by atoms with Gasteiger partial charge < -0.3 is 45.1 Å². The number of amides is 1. The van der Waals surface area contributed by atoms with Crippen LogP contribution in [-0.2, 0) is 14.2 Å². The average Bonchev–Trinajstić information content (AvgIpc) is 3.36. The molecule has 0 saturated carbocycles. The molecule has 1 aromatic carbocycles.